The van der Waals surface area contributed by atoms with Crippen molar-refractivity contribution in [2.45, 2.75) is 18.9 Å². The van der Waals surface area contributed by atoms with Gasteiger partial charge in [0.2, 0.25) is 0 Å². The van der Waals surface area contributed by atoms with Gasteiger partial charge in [0.05, 0.1) is 16.8 Å². The van der Waals surface area contributed by atoms with Gasteiger partial charge in [-0.25, -0.2) is 4.39 Å². The molecule has 5 rings (SSSR count). The molecule has 164 valence electrons. The Bertz CT molecular complexity index is 1390. The quantitative estimate of drug-likeness (QED) is 0.458. The van der Waals surface area contributed by atoms with Gasteiger partial charge in [0.15, 0.2) is 0 Å². The molecule has 3 aromatic carbocycles. The number of hydrogen-bond acceptors (Lipinski definition) is 5. The molecule has 0 aliphatic carbocycles. The number of halogens is 1. The maximum absolute atomic E-state index is 14.1. The van der Waals surface area contributed by atoms with Crippen LogP contribution in [0.1, 0.15) is 18.4 Å². The third-order valence-corrected chi connectivity index (χ3v) is 6.30. The Labute approximate surface area is 191 Å². The zero-order valence-corrected chi connectivity index (χ0v) is 18.0. The smallest absolute Gasteiger partial charge is 0.141 e. The van der Waals surface area contributed by atoms with E-state index >= 15 is 0 Å². The van der Waals surface area contributed by atoms with Crippen molar-refractivity contribution in [3.05, 3.63) is 78.2 Å². The van der Waals surface area contributed by atoms with Crippen LogP contribution in [0.5, 0.6) is 5.75 Å². The summed E-state index contributed by atoms with van der Waals surface area (Å²) in [6.45, 7) is 1.59. The SMILES string of the molecule is N#Cc1cccc(-c2ccc3ncc(-c4cccc(F)c4)c(N4CCC(N)CC4)c3c2)c1O. The number of nitrogens with two attached hydrogens (primary N) is 1. The van der Waals surface area contributed by atoms with Crippen LogP contribution in [0, 0.1) is 17.1 Å². The fraction of sp³-hybridized carbons (Fsp3) is 0.185. The molecule has 6 heteroatoms. The van der Waals surface area contributed by atoms with Crippen molar-refractivity contribution in [1.29, 1.82) is 5.26 Å². The molecule has 3 N–H and O–H groups in total. The monoisotopic (exact) mass is 438 g/mol. The second-order valence-electron chi connectivity index (χ2n) is 8.40. The molecule has 1 aromatic heterocycles. The summed E-state index contributed by atoms with van der Waals surface area (Å²) >= 11 is 0. The van der Waals surface area contributed by atoms with Gasteiger partial charge in [-0.05, 0) is 54.3 Å². The molecule has 0 amide bonds. The molecular weight excluding hydrogens is 415 g/mol. The molecule has 1 aliphatic heterocycles. The molecule has 0 bridgehead atoms. The van der Waals surface area contributed by atoms with Gasteiger partial charge < -0.3 is 15.7 Å². The number of fused-ring (bicyclic) bond motifs is 1. The first kappa shape index (κ1) is 20.9. The Kier molecular flexibility index (Phi) is 5.41. The van der Waals surface area contributed by atoms with Gasteiger partial charge in [0, 0.05) is 41.8 Å². The lowest BCUT2D eigenvalue weighted by Crippen LogP contribution is -2.40. The van der Waals surface area contributed by atoms with E-state index in [1.807, 2.05) is 30.3 Å². The standard InChI is InChI=1S/C27H23FN4O/c28-20-5-1-3-17(13-20)24-16-31-25-8-7-18(22-6-2-4-19(15-29)27(22)33)14-23(25)26(24)32-11-9-21(30)10-12-32/h1-8,13-14,16,21,33H,9-12,30H2. The number of phenols is 1. The number of anilines is 1. The molecule has 0 atom stereocenters. The highest BCUT2D eigenvalue weighted by atomic mass is 19.1. The van der Waals surface area contributed by atoms with Crippen molar-refractivity contribution in [1.82, 2.24) is 4.98 Å². The van der Waals surface area contributed by atoms with Crippen molar-refractivity contribution in [2.75, 3.05) is 18.0 Å². The molecule has 1 saturated heterocycles. The molecule has 0 unspecified atom stereocenters. The largest absolute Gasteiger partial charge is 0.506 e. The van der Waals surface area contributed by atoms with E-state index < -0.39 is 0 Å². The molecular formula is C27H23FN4O. The van der Waals surface area contributed by atoms with E-state index in [2.05, 4.69) is 9.88 Å². The van der Waals surface area contributed by atoms with E-state index in [1.165, 1.54) is 12.1 Å². The van der Waals surface area contributed by atoms with Crippen LogP contribution in [0.3, 0.4) is 0 Å². The average Bonchev–Trinajstić information content (AvgIpc) is 2.84. The maximum atomic E-state index is 14.1. The van der Waals surface area contributed by atoms with Gasteiger partial charge in [-0.15, -0.1) is 0 Å². The topological polar surface area (TPSA) is 86.2 Å². The highest BCUT2D eigenvalue weighted by Crippen LogP contribution is 2.41. The summed E-state index contributed by atoms with van der Waals surface area (Å²) in [5.41, 5.74) is 11.1. The number of phenolic OH excluding ortho intramolecular Hbond substituents is 1. The molecule has 5 nitrogen and oxygen atoms in total. The lowest BCUT2D eigenvalue weighted by molar-refractivity contribution is 0.475. The van der Waals surface area contributed by atoms with Gasteiger partial charge in [-0.2, -0.15) is 5.26 Å². The Morgan fingerprint density at radius 3 is 2.52 bits per heavy atom. The number of pyridine rings is 1. The summed E-state index contributed by atoms with van der Waals surface area (Å²) in [6, 6.07) is 19.7. The Morgan fingerprint density at radius 1 is 1.00 bits per heavy atom. The molecule has 1 aliphatic rings. The summed E-state index contributed by atoms with van der Waals surface area (Å²) < 4.78 is 14.1. The summed E-state index contributed by atoms with van der Waals surface area (Å²) in [7, 11) is 0. The Morgan fingerprint density at radius 2 is 1.76 bits per heavy atom. The van der Waals surface area contributed by atoms with Gasteiger partial charge in [-0.3, -0.25) is 4.98 Å². The maximum Gasteiger partial charge on any atom is 0.141 e. The molecule has 0 saturated carbocycles. The Hall–Kier alpha value is -3.95. The van der Waals surface area contributed by atoms with Crippen molar-refractivity contribution in [2.24, 2.45) is 5.73 Å². The Balaban J connectivity index is 1.75. The highest BCUT2D eigenvalue weighted by Gasteiger charge is 2.23. The number of nitriles is 1. The van der Waals surface area contributed by atoms with E-state index in [1.54, 1.807) is 30.5 Å². The molecule has 2 heterocycles. The summed E-state index contributed by atoms with van der Waals surface area (Å²) in [5.74, 6) is -0.342. The molecule has 4 aromatic rings. The van der Waals surface area contributed by atoms with Crippen LogP contribution in [-0.2, 0) is 0 Å². The van der Waals surface area contributed by atoms with Crippen LogP contribution >= 0.6 is 0 Å². The van der Waals surface area contributed by atoms with E-state index in [9.17, 15) is 14.8 Å². The van der Waals surface area contributed by atoms with Gasteiger partial charge in [0.25, 0.3) is 0 Å². The number of aromatic hydroxyl groups is 1. The minimum Gasteiger partial charge on any atom is -0.506 e. The number of rotatable bonds is 3. The number of para-hydroxylation sites is 1. The fourth-order valence-corrected chi connectivity index (χ4v) is 4.54. The first-order valence-electron chi connectivity index (χ1n) is 11.0. The third-order valence-electron chi connectivity index (χ3n) is 6.30. The van der Waals surface area contributed by atoms with Crippen molar-refractivity contribution >= 4 is 16.6 Å². The number of aromatic nitrogens is 1. The normalized spacial score (nSPS) is 14.4. The molecule has 33 heavy (non-hydrogen) atoms. The van der Waals surface area contributed by atoms with Crippen molar-refractivity contribution in [3.63, 3.8) is 0 Å². The van der Waals surface area contributed by atoms with E-state index in [0.717, 1.165) is 59.2 Å². The predicted molar refractivity (Wildman–Crippen MR) is 128 cm³/mol. The van der Waals surface area contributed by atoms with Gasteiger partial charge in [-0.1, -0.05) is 30.3 Å². The van der Waals surface area contributed by atoms with Crippen LogP contribution in [0.2, 0.25) is 0 Å². The second-order valence-corrected chi connectivity index (χ2v) is 8.40. The first-order chi connectivity index (χ1) is 16.0. The average molecular weight is 439 g/mol. The van der Waals surface area contributed by atoms with E-state index in [0.29, 0.717) is 5.56 Å². The zero-order chi connectivity index (χ0) is 22.9. The van der Waals surface area contributed by atoms with Gasteiger partial charge >= 0.3 is 0 Å². The number of hydrogen-bond donors (Lipinski definition) is 2. The molecule has 0 spiro atoms. The van der Waals surface area contributed by atoms with Gasteiger partial charge in [0.1, 0.15) is 17.6 Å². The minimum atomic E-state index is -0.300. The first-order valence-corrected chi connectivity index (χ1v) is 11.0. The lowest BCUT2D eigenvalue weighted by atomic mass is 9.95. The van der Waals surface area contributed by atoms with Crippen molar-refractivity contribution in [3.8, 4) is 34.1 Å². The van der Waals surface area contributed by atoms with Crippen molar-refractivity contribution < 1.29 is 9.50 Å². The summed E-state index contributed by atoms with van der Waals surface area (Å²) in [5, 5.41) is 20.8. The number of nitrogens with zero attached hydrogens (tertiary/aromatic N) is 3. The van der Waals surface area contributed by atoms with Crippen LogP contribution < -0.4 is 10.6 Å². The third kappa shape index (κ3) is 3.88. The molecule has 0 radical (unpaired) electrons. The summed E-state index contributed by atoms with van der Waals surface area (Å²) in [4.78, 5) is 6.95. The molecule has 1 fully saturated rings. The zero-order valence-electron chi connectivity index (χ0n) is 18.0. The van der Waals surface area contributed by atoms with Crippen LogP contribution in [-0.4, -0.2) is 29.2 Å². The number of piperidine rings is 1. The van der Waals surface area contributed by atoms with Crippen LogP contribution in [0.15, 0.2) is 66.9 Å². The van der Waals surface area contributed by atoms with Crippen LogP contribution in [0.4, 0.5) is 10.1 Å². The predicted octanol–water partition coefficient (Wildman–Crippen LogP) is 5.21. The lowest BCUT2D eigenvalue weighted by Gasteiger charge is -2.34. The second kappa shape index (κ2) is 8.53. The highest BCUT2D eigenvalue weighted by molar-refractivity contribution is 6.02. The minimum absolute atomic E-state index is 0.0425. The van der Waals surface area contributed by atoms with E-state index in [4.69, 9.17) is 5.73 Å². The fourth-order valence-electron chi connectivity index (χ4n) is 4.54. The van der Waals surface area contributed by atoms with Crippen LogP contribution in [0.25, 0.3) is 33.2 Å². The number of benzene rings is 3. The van der Waals surface area contributed by atoms with E-state index in [-0.39, 0.29) is 23.2 Å². The summed E-state index contributed by atoms with van der Waals surface area (Å²) in [6.07, 6.45) is 3.54.